The zero-order chi connectivity index (χ0) is 24.8. The van der Waals surface area contributed by atoms with Crippen LogP contribution in [0.1, 0.15) is 6.42 Å². The fourth-order valence-electron chi connectivity index (χ4n) is 5.00. The summed E-state index contributed by atoms with van der Waals surface area (Å²) in [5, 5.41) is 7.49. The lowest BCUT2D eigenvalue weighted by Crippen LogP contribution is -2.57. The van der Waals surface area contributed by atoms with Crippen molar-refractivity contribution in [2.45, 2.75) is 31.2 Å². The third-order valence-electron chi connectivity index (χ3n) is 7.01. The Labute approximate surface area is 204 Å². The topological polar surface area (TPSA) is 81.7 Å². The largest absolute Gasteiger partial charge is 0.479 e. The zero-order valence-corrected chi connectivity index (χ0v) is 19.7. The van der Waals surface area contributed by atoms with Gasteiger partial charge in [0.15, 0.2) is 5.82 Å². The van der Waals surface area contributed by atoms with Crippen LogP contribution in [0.25, 0.3) is 27.7 Å². The number of imidazole rings is 1. The van der Waals surface area contributed by atoms with Crippen LogP contribution in [0.2, 0.25) is 0 Å². The van der Waals surface area contributed by atoms with Crippen LogP contribution < -0.4 is 10.1 Å². The maximum atomic E-state index is 15.3. The lowest BCUT2D eigenvalue weighted by Gasteiger charge is -2.42. The van der Waals surface area contributed by atoms with Crippen molar-refractivity contribution in [3.63, 3.8) is 0 Å². The molecule has 1 N–H and O–H groups in total. The number of ether oxygens (including phenoxy) is 2. The SMILES string of the molecule is COc1nc(N[C@@H]2CCN(C3COC3)C[C@H]2F)nn2cc(F)c(-c3ccc4ncn(CCF)c4c3)c12. The van der Waals surface area contributed by atoms with Gasteiger partial charge in [0.25, 0.3) is 0 Å². The predicted molar refractivity (Wildman–Crippen MR) is 127 cm³/mol. The molecule has 0 radical (unpaired) electrons. The van der Waals surface area contributed by atoms with Gasteiger partial charge in [0.1, 0.15) is 18.4 Å². The summed E-state index contributed by atoms with van der Waals surface area (Å²) in [7, 11) is 1.44. The van der Waals surface area contributed by atoms with E-state index in [1.807, 2.05) is 0 Å². The molecule has 0 bridgehead atoms. The highest BCUT2D eigenvalue weighted by Gasteiger charge is 2.36. The number of anilines is 1. The first-order chi connectivity index (χ1) is 17.6. The van der Waals surface area contributed by atoms with Crippen LogP contribution in [0, 0.1) is 5.82 Å². The van der Waals surface area contributed by atoms with Crippen LogP contribution in [-0.4, -0.2) is 87.4 Å². The Balaban J connectivity index is 1.32. The van der Waals surface area contributed by atoms with Crippen molar-refractivity contribution in [2.24, 2.45) is 0 Å². The number of benzene rings is 1. The number of nitrogens with zero attached hydrogens (tertiary/aromatic N) is 6. The number of piperidine rings is 1. The first-order valence-corrected chi connectivity index (χ1v) is 11.9. The van der Waals surface area contributed by atoms with Crippen LogP contribution in [-0.2, 0) is 11.3 Å². The van der Waals surface area contributed by atoms with E-state index in [9.17, 15) is 8.78 Å². The standard InChI is InChI=1S/C24H26F3N7O2/c1-35-23-22-21(14-2-3-19-20(8-14)33(7-5-25)13-28-19)17(27)10-34(22)31-24(30-23)29-18-4-6-32(9-16(18)26)15-11-36-12-15/h2-3,8,10,13,15-16,18H,4-7,9,11-12H2,1H3,(H,29,31)/t16-,18-/m1/s1. The molecule has 12 heteroatoms. The van der Waals surface area contributed by atoms with Gasteiger partial charge in [-0.05, 0) is 24.1 Å². The number of rotatable bonds is 7. The molecule has 2 aliphatic heterocycles. The van der Waals surface area contributed by atoms with Crippen molar-refractivity contribution in [1.29, 1.82) is 0 Å². The van der Waals surface area contributed by atoms with E-state index in [0.29, 0.717) is 48.3 Å². The Morgan fingerprint density at radius 1 is 1.28 bits per heavy atom. The molecule has 1 aromatic carbocycles. The van der Waals surface area contributed by atoms with Crippen molar-refractivity contribution in [2.75, 3.05) is 45.4 Å². The highest BCUT2D eigenvalue weighted by atomic mass is 19.1. The maximum Gasteiger partial charge on any atom is 0.244 e. The minimum Gasteiger partial charge on any atom is -0.479 e. The average Bonchev–Trinajstić information content (AvgIpc) is 3.39. The Kier molecular flexibility index (Phi) is 5.92. The van der Waals surface area contributed by atoms with E-state index in [1.165, 1.54) is 17.8 Å². The molecule has 2 fully saturated rings. The summed E-state index contributed by atoms with van der Waals surface area (Å²) < 4.78 is 56.9. The van der Waals surface area contributed by atoms with Gasteiger partial charge < -0.3 is 19.4 Å². The summed E-state index contributed by atoms with van der Waals surface area (Å²) in [6.07, 6.45) is 2.28. The van der Waals surface area contributed by atoms with E-state index in [-0.39, 0.29) is 30.0 Å². The zero-order valence-electron chi connectivity index (χ0n) is 19.7. The van der Waals surface area contributed by atoms with Gasteiger partial charge in [0, 0.05) is 13.1 Å². The molecule has 6 rings (SSSR count). The Morgan fingerprint density at radius 2 is 2.14 bits per heavy atom. The van der Waals surface area contributed by atoms with E-state index in [2.05, 4.69) is 25.3 Å². The van der Waals surface area contributed by atoms with Gasteiger partial charge in [-0.2, -0.15) is 4.98 Å². The lowest BCUT2D eigenvalue weighted by atomic mass is 10.0. The number of methoxy groups -OCH3 is 1. The fourth-order valence-corrected chi connectivity index (χ4v) is 5.00. The first-order valence-electron chi connectivity index (χ1n) is 11.9. The normalized spacial score (nSPS) is 21.2. The van der Waals surface area contributed by atoms with Crippen LogP contribution in [0.5, 0.6) is 5.88 Å². The van der Waals surface area contributed by atoms with E-state index in [4.69, 9.17) is 9.47 Å². The van der Waals surface area contributed by atoms with Crippen LogP contribution >= 0.6 is 0 Å². The van der Waals surface area contributed by atoms with Gasteiger partial charge in [-0.15, -0.1) is 5.10 Å². The number of nitrogens with one attached hydrogen (secondary N) is 1. The summed E-state index contributed by atoms with van der Waals surface area (Å²) in [5.41, 5.74) is 2.53. The molecule has 3 aromatic heterocycles. The van der Waals surface area contributed by atoms with Gasteiger partial charge in [0.2, 0.25) is 11.8 Å². The maximum absolute atomic E-state index is 15.3. The summed E-state index contributed by atoms with van der Waals surface area (Å²) in [6.45, 7) is 1.97. The molecular formula is C24H26F3N7O2. The average molecular weight is 502 g/mol. The summed E-state index contributed by atoms with van der Waals surface area (Å²) in [6, 6.07) is 5.08. The Hall–Kier alpha value is -3.38. The number of hydrogen-bond acceptors (Lipinski definition) is 7. The molecule has 0 amide bonds. The second-order valence-electron chi connectivity index (χ2n) is 9.16. The van der Waals surface area contributed by atoms with Gasteiger partial charge in [-0.3, -0.25) is 4.90 Å². The molecule has 0 aliphatic carbocycles. The van der Waals surface area contributed by atoms with Gasteiger partial charge >= 0.3 is 0 Å². The van der Waals surface area contributed by atoms with E-state index in [0.717, 1.165) is 6.54 Å². The lowest BCUT2D eigenvalue weighted by molar-refractivity contribution is -0.0794. The van der Waals surface area contributed by atoms with E-state index >= 15 is 4.39 Å². The smallest absolute Gasteiger partial charge is 0.244 e. The number of alkyl halides is 2. The van der Waals surface area contributed by atoms with Gasteiger partial charge in [-0.25, -0.2) is 22.7 Å². The van der Waals surface area contributed by atoms with Crippen LogP contribution in [0.3, 0.4) is 0 Å². The highest BCUT2D eigenvalue weighted by Crippen LogP contribution is 2.35. The molecule has 2 aliphatic rings. The third kappa shape index (κ3) is 3.94. The van der Waals surface area contributed by atoms with E-state index in [1.54, 1.807) is 29.1 Å². The fraction of sp³-hybridized carbons (Fsp3) is 0.458. The highest BCUT2D eigenvalue weighted by molar-refractivity contribution is 5.90. The number of halogens is 3. The first kappa shape index (κ1) is 23.0. The number of aromatic nitrogens is 5. The second kappa shape index (κ2) is 9.25. The summed E-state index contributed by atoms with van der Waals surface area (Å²) in [4.78, 5) is 10.8. The van der Waals surface area contributed by atoms with Gasteiger partial charge in [0.05, 0.1) is 68.1 Å². The quantitative estimate of drug-likeness (QED) is 0.417. The molecule has 2 saturated heterocycles. The van der Waals surface area contributed by atoms with Crippen LogP contribution in [0.4, 0.5) is 19.1 Å². The van der Waals surface area contributed by atoms with Crippen molar-refractivity contribution in [3.8, 4) is 17.0 Å². The minimum atomic E-state index is -1.11. The molecule has 0 unspecified atom stereocenters. The number of hydrogen-bond donors (Lipinski definition) is 1. The predicted octanol–water partition coefficient (Wildman–Crippen LogP) is 3.09. The molecule has 2 atom stereocenters. The monoisotopic (exact) mass is 501 g/mol. The third-order valence-corrected chi connectivity index (χ3v) is 7.01. The van der Waals surface area contributed by atoms with Gasteiger partial charge in [-0.1, -0.05) is 6.07 Å². The summed E-state index contributed by atoms with van der Waals surface area (Å²) >= 11 is 0. The molecule has 0 spiro atoms. The van der Waals surface area contributed by atoms with E-state index < -0.39 is 24.7 Å². The molecular weight excluding hydrogens is 475 g/mol. The minimum absolute atomic E-state index is 0.156. The molecule has 190 valence electrons. The Bertz CT molecular complexity index is 1400. The second-order valence-corrected chi connectivity index (χ2v) is 9.16. The number of fused-ring (bicyclic) bond motifs is 2. The number of likely N-dealkylation sites (tertiary alicyclic amines) is 1. The van der Waals surface area contributed by atoms with Crippen molar-refractivity contribution in [1.82, 2.24) is 29.0 Å². The van der Waals surface area contributed by atoms with Crippen molar-refractivity contribution < 1.29 is 22.6 Å². The molecule has 4 aromatic rings. The molecule has 36 heavy (non-hydrogen) atoms. The number of aryl methyl sites for hydroxylation is 1. The molecule has 9 nitrogen and oxygen atoms in total. The molecule has 0 saturated carbocycles. The molecule has 5 heterocycles. The summed E-state index contributed by atoms with van der Waals surface area (Å²) in [5.74, 6) is -0.205. The van der Waals surface area contributed by atoms with Crippen LogP contribution in [0.15, 0.2) is 30.7 Å². The Morgan fingerprint density at radius 3 is 2.86 bits per heavy atom. The van der Waals surface area contributed by atoms with Crippen molar-refractivity contribution >= 4 is 22.5 Å². The van der Waals surface area contributed by atoms with Crippen molar-refractivity contribution in [3.05, 3.63) is 36.5 Å².